The maximum atomic E-state index is 5.01. The van der Waals surface area contributed by atoms with Gasteiger partial charge < -0.3 is 0 Å². The summed E-state index contributed by atoms with van der Waals surface area (Å²) in [5.74, 6) is 2.05. The van der Waals surface area contributed by atoms with E-state index in [9.17, 15) is 0 Å². The molecule has 0 aliphatic carbocycles. The van der Waals surface area contributed by atoms with E-state index in [2.05, 4.69) is 129 Å². The number of rotatable bonds is 2. The summed E-state index contributed by atoms with van der Waals surface area (Å²) in [6.45, 7) is 16.1. The summed E-state index contributed by atoms with van der Waals surface area (Å²) in [6.07, 6.45) is 4.62. The molecule has 0 saturated carbocycles. The summed E-state index contributed by atoms with van der Waals surface area (Å²) in [5.41, 5.74) is 11.2. The van der Waals surface area contributed by atoms with Gasteiger partial charge >= 0.3 is 0 Å². The predicted molar refractivity (Wildman–Crippen MR) is 181 cm³/mol. The quantitative estimate of drug-likeness (QED) is 0.214. The maximum Gasteiger partial charge on any atom is 0.141 e. The van der Waals surface area contributed by atoms with Gasteiger partial charge in [0.05, 0.1) is 21.9 Å². The summed E-state index contributed by atoms with van der Waals surface area (Å²) < 4.78 is 4.83. The Balaban J connectivity index is 1.37. The molecule has 7 aromatic rings. The number of benzene rings is 3. The highest BCUT2D eigenvalue weighted by atomic mass is 15.1. The highest BCUT2D eigenvalue weighted by molar-refractivity contribution is 6.12. The van der Waals surface area contributed by atoms with Gasteiger partial charge in [0.1, 0.15) is 11.6 Å². The first kappa shape index (κ1) is 25.5. The molecule has 0 unspecified atom stereocenters. The van der Waals surface area contributed by atoms with Gasteiger partial charge in [0.2, 0.25) is 0 Å². The number of hydrogen-bond acceptors (Lipinski definition) is 2. The molecule has 4 heteroatoms. The normalized spacial score (nSPS) is 15.9. The average molecular weight is 571 g/mol. The third kappa shape index (κ3) is 2.98. The van der Waals surface area contributed by atoms with Gasteiger partial charge in [0.15, 0.2) is 0 Å². The number of pyridine rings is 2. The highest BCUT2D eigenvalue weighted by Crippen LogP contribution is 2.47. The summed E-state index contributed by atoms with van der Waals surface area (Å²) >= 11 is 0. The molecule has 2 aliphatic rings. The van der Waals surface area contributed by atoms with E-state index in [1.165, 1.54) is 71.4 Å². The minimum Gasteiger partial charge on any atom is -0.293 e. The molecule has 0 bridgehead atoms. The van der Waals surface area contributed by atoms with E-state index in [-0.39, 0.29) is 10.8 Å². The number of nitrogens with zero attached hydrogens (tertiary/aromatic N) is 4. The number of para-hydroxylation sites is 3. The smallest absolute Gasteiger partial charge is 0.141 e. The van der Waals surface area contributed by atoms with E-state index in [0.717, 1.165) is 23.3 Å². The molecule has 214 valence electrons. The fourth-order valence-corrected chi connectivity index (χ4v) is 8.24. The fraction of sp³-hybridized carbons (Fsp3) is 0.200. The first-order chi connectivity index (χ1) is 21.2. The zero-order chi connectivity index (χ0) is 30.1. The Hall–Kier alpha value is -4.96. The van der Waals surface area contributed by atoms with Gasteiger partial charge in [-0.3, -0.25) is 9.13 Å². The molecule has 4 nitrogen and oxygen atoms in total. The molecule has 3 aromatic carbocycles. The van der Waals surface area contributed by atoms with E-state index in [0.29, 0.717) is 0 Å². The Morgan fingerprint density at radius 1 is 0.591 bits per heavy atom. The topological polar surface area (TPSA) is 35.6 Å². The zero-order valence-electron chi connectivity index (χ0n) is 25.9. The van der Waals surface area contributed by atoms with Crippen molar-refractivity contribution >= 4 is 44.9 Å². The Bertz CT molecular complexity index is 2500. The van der Waals surface area contributed by atoms with Crippen molar-refractivity contribution in [2.75, 3.05) is 0 Å². The van der Waals surface area contributed by atoms with Crippen molar-refractivity contribution in [2.24, 2.45) is 0 Å². The Kier molecular flexibility index (Phi) is 4.85. The Labute approximate surface area is 256 Å². The number of aromatic nitrogens is 4. The lowest BCUT2D eigenvalue weighted by molar-refractivity contribution is 0.624. The predicted octanol–water partition coefficient (Wildman–Crippen LogP) is 7.62. The van der Waals surface area contributed by atoms with Crippen LogP contribution in [0.4, 0.5) is 0 Å². The summed E-state index contributed by atoms with van der Waals surface area (Å²) in [7, 11) is 0. The minimum absolute atomic E-state index is 0.132. The monoisotopic (exact) mass is 570 g/mol. The lowest BCUT2D eigenvalue weighted by atomic mass is 9.76. The molecule has 0 radical (unpaired) electrons. The lowest BCUT2D eigenvalue weighted by Gasteiger charge is -2.33. The third-order valence-corrected chi connectivity index (χ3v) is 10.8. The molecule has 0 saturated heterocycles. The fourth-order valence-electron chi connectivity index (χ4n) is 8.24. The van der Waals surface area contributed by atoms with Crippen molar-refractivity contribution in [1.29, 1.82) is 0 Å². The number of fused-ring (bicyclic) bond motifs is 10. The van der Waals surface area contributed by atoms with Crippen molar-refractivity contribution < 1.29 is 0 Å². The SMILES string of the molecule is C=c1c2n(c3c(Cc4cccc5c6cccc7c6n(c45)-c4ncccc4C7(C)C)cccc13)-c1ncccc1C(C)(C)C=2C. The van der Waals surface area contributed by atoms with Crippen molar-refractivity contribution in [1.82, 2.24) is 19.1 Å². The first-order valence-corrected chi connectivity index (χ1v) is 15.5. The summed E-state index contributed by atoms with van der Waals surface area (Å²) in [6, 6.07) is 28.9. The molecule has 2 aliphatic heterocycles. The van der Waals surface area contributed by atoms with Crippen LogP contribution in [0.3, 0.4) is 0 Å². The molecular formula is C40H34N4. The molecule has 9 rings (SSSR count). The van der Waals surface area contributed by atoms with Crippen LogP contribution in [0.15, 0.2) is 91.3 Å². The van der Waals surface area contributed by atoms with Crippen LogP contribution in [0, 0.1) is 0 Å². The molecule has 6 heterocycles. The second kappa shape index (κ2) is 8.35. The van der Waals surface area contributed by atoms with Gasteiger partial charge in [-0.15, -0.1) is 0 Å². The molecule has 4 aromatic heterocycles. The van der Waals surface area contributed by atoms with Crippen LogP contribution in [0.2, 0.25) is 0 Å². The van der Waals surface area contributed by atoms with Crippen LogP contribution in [-0.2, 0) is 17.3 Å². The van der Waals surface area contributed by atoms with Crippen LogP contribution in [0.1, 0.15) is 62.4 Å². The van der Waals surface area contributed by atoms with Crippen molar-refractivity contribution in [3.63, 3.8) is 0 Å². The first-order valence-electron chi connectivity index (χ1n) is 15.5. The van der Waals surface area contributed by atoms with Gasteiger partial charge in [-0.2, -0.15) is 0 Å². The second-order valence-electron chi connectivity index (χ2n) is 13.6. The van der Waals surface area contributed by atoms with E-state index >= 15 is 0 Å². The van der Waals surface area contributed by atoms with Crippen LogP contribution in [0.25, 0.3) is 56.5 Å². The van der Waals surface area contributed by atoms with Crippen LogP contribution in [-0.4, -0.2) is 19.1 Å². The van der Waals surface area contributed by atoms with Gasteiger partial charge in [-0.25, -0.2) is 9.97 Å². The molecule has 0 spiro atoms. The van der Waals surface area contributed by atoms with Crippen molar-refractivity contribution in [2.45, 2.75) is 51.9 Å². The van der Waals surface area contributed by atoms with Gasteiger partial charge in [-0.05, 0) is 41.3 Å². The Morgan fingerprint density at radius 3 is 1.80 bits per heavy atom. The maximum absolute atomic E-state index is 5.01. The van der Waals surface area contributed by atoms with Crippen LogP contribution < -0.4 is 10.6 Å². The minimum atomic E-state index is -0.142. The standard InChI is InChI=1S/C40H34N4/c1-23-27-14-7-12-25(34(27)43-33(23)24(2)39(3,4)31-18-10-20-41-37(31)43)22-26-13-8-15-28-29-16-9-17-30-36(29)44(35(26)28)38-32(40(30,5)6)19-11-21-42-38/h7-21H,1,22H2,2-6H3. The van der Waals surface area contributed by atoms with E-state index in [1.807, 2.05) is 12.4 Å². The molecule has 0 atom stereocenters. The van der Waals surface area contributed by atoms with Crippen molar-refractivity contribution in [3.8, 4) is 11.6 Å². The van der Waals surface area contributed by atoms with Gasteiger partial charge in [0, 0.05) is 62.1 Å². The van der Waals surface area contributed by atoms with Gasteiger partial charge in [0.25, 0.3) is 0 Å². The molecule has 0 fully saturated rings. The van der Waals surface area contributed by atoms with E-state index in [1.54, 1.807) is 0 Å². The van der Waals surface area contributed by atoms with Gasteiger partial charge in [-0.1, -0.05) is 101 Å². The lowest BCUT2D eigenvalue weighted by Crippen LogP contribution is -2.40. The average Bonchev–Trinajstić information content (AvgIpc) is 3.53. The zero-order valence-corrected chi connectivity index (χ0v) is 25.9. The number of hydrogen-bond donors (Lipinski definition) is 0. The molecular weight excluding hydrogens is 536 g/mol. The van der Waals surface area contributed by atoms with E-state index in [4.69, 9.17) is 9.97 Å². The summed E-state index contributed by atoms with van der Waals surface area (Å²) in [4.78, 5) is 9.98. The van der Waals surface area contributed by atoms with E-state index < -0.39 is 0 Å². The van der Waals surface area contributed by atoms with Crippen molar-refractivity contribution in [3.05, 3.63) is 130 Å². The highest BCUT2D eigenvalue weighted by Gasteiger charge is 2.37. The second-order valence-corrected chi connectivity index (χ2v) is 13.6. The summed E-state index contributed by atoms with van der Waals surface area (Å²) in [5, 5.41) is 6.02. The molecule has 0 N–H and O–H groups in total. The molecule has 44 heavy (non-hydrogen) atoms. The third-order valence-electron chi connectivity index (χ3n) is 10.8. The Morgan fingerprint density at radius 2 is 1.11 bits per heavy atom. The largest absolute Gasteiger partial charge is 0.293 e. The van der Waals surface area contributed by atoms with Crippen LogP contribution in [0.5, 0.6) is 0 Å². The molecule has 0 amide bonds. The van der Waals surface area contributed by atoms with Crippen LogP contribution >= 0.6 is 0 Å².